The summed E-state index contributed by atoms with van der Waals surface area (Å²) in [7, 11) is 0. The summed E-state index contributed by atoms with van der Waals surface area (Å²) in [6.07, 6.45) is 3.37. The molecule has 0 saturated carbocycles. The monoisotopic (exact) mass is 173 g/mol. The molecular formula is C6H11N3OS. The van der Waals surface area contributed by atoms with Crippen molar-refractivity contribution >= 4 is 11.8 Å². The van der Waals surface area contributed by atoms with Gasteiger partial charge < -0.3 is 5.11 Å². The van der Waals surface area contributed by atoms with Gasteiger partial charge in [0, 0.05) is 12.4 Å². The standard InChI is InChI=1S/C6H11N3OS/c10-3-1-2-4-11-6-7-5-8-9-6/h5,10H,1-4H2,(H,7,8,9). The van der Waals surface area contributed by atoms with Gasteiger partial charge in [-0.15, -0.1) is 0 Å². The predicted octanol–water partition coefficient (Wildman–Crippen LogP) is 0.669. The van der Waals surface area contributed by atoms with Gasteiger partial charge in [-0.2, -0.15) is 5.10 Å². The van der Waals surface area contributed by atoms with Crippen LogP contribution in [0.15, 0.2) is 11.5 Å². The van der Waals surface area contributed by atoms with Crippen molar-refractivity contribution in [2.45, 2.75) is 18.0 Å². The van der Waals surface area contributed by atoms with Gasteiger partial charge in [0.05, 0.1) is 0 Å². The Morgan fingerprint density at radius 2 is 2.45 bits per heavy atom. The molecular weight excluding hydrogens is 162 g/mol. The van der Waals surface area contributed by atoms with Crippen molar-refractivity contribution in [2.24, 2.45) is 0 Å². The van der Waals surface area contributed by atoms with E-state index in [1.807, 2.05) is 0 Å². The molecule has 0 amide bonds. The van der Waals surface area contributed by atoms with Gasteiger partial charge in [0.1, 0.15) is 6.33 Å². The van der Waals surface area contributed by atoms with Gasteiger partial charge in [-0.25, -0.2) is 4.98 Å². The van der Waals surface area contributed by atoms with E-state index in [-0.39, 0.29) is 6.61 Å². The van der Waals surface area contributed by atoms with Crippen molar-refractivity contribution in [3.8, 4) is 0 Å². The zero-order valence-electron chi connectivity index (χ0n) is 6.16. The Morgan fingerprint density at radius 3 is 3.09 bits per heavy atom. The van der Waals surface area contributed by atoms with Gasteiger partial charge in [-0.1, -0.05) is 11.8 Å². The van der Waals surface area contributed by atoms with Gasteiger partial charge in [-0.05, 0) is 12.8 Å². The first kappa shape index (κ1) is 8.55. The molecule has 1 aromatic rings. The highest BCUT2D eigenvalue weighted by Crippen LogP contribution is 2.12. The van der Waals surface area contributed by atoms with E-state index < -0.39 is 0 Å². The Balaban J connectivity index is 2.04. The van der Waals surface area contributed by atoms with Crippen LogP contribution in [0.2, 0.25) is 0 Å². The largest absolute Gasteiger partial charge is 0.396 e. The maximum absolute atomic E-state index is 8.48. The zero-order chi connectivity index (χ0) is 7.94. The SMILES string of the molecule is OCCCCSc1ncn[nH]1. The van der Waals surface area contributed by atoms with Crippen LogP contribution < -0.4 is 0 Å². The normalized spacial score (nSPS) is 10.3. The minimum absolute atomic E-state index is 0.275. The van der Waals surface area contributed by atoms with E-state index in [0.29, 0.717) is 0 Å². The fraction of sp³-hybridized carbons (Fsp3) is 0.667. The Labute approximate surface area is 69.4 Å². The summed E-state index contributed by atoms with van der Waals surface area (Å²) in [5.74, 6) is 0.982. The summed E-state index contributed by atoms with van der Waals surface area (Å²) >= 11 is 1.63. The minimum atomic E-state index is 0.275. The molecule has 0 atom stereocenters. The molecule has 0 fully saturated rings. The van der Waals surface area contributed by atoms with Gasteiger partial charge in [0.2, 0.25) is 0 Å². The molecule has 0 aromatic carbocycles. The van der Waals surface area contributed by atoms with Crippen molar-refractivity contribution in [3.05, 3.63) is 6.33 Å². The summed E-state index contributed by atoms with van der Waals surface area (Å²) in [6, 6.07) is 0. The number of aromatic amines is 1. The van der Waals surface area contributed by atoms with Crippen LogP contribution in [0.25, 0.3) is 0 Å². The molecule has 1 heterocycles. The number of aliphatic hydroxyl groups is 1. The third-order valence-corrected chi connectivity index (χ3v) is 2.15. The number of thioether (sulfide) groups is 1. The van der Waals surface area contributed by atoms with Crippen LogP contribution in [0.5, 0.6) is 0 Å². The van der Waals surface area contributed by atoms with Gasteiger partial charge in [-0.3, -0.25) is 5.10 Å². The highest BCUT2D eigenvalue weighted by atomic mass is 32.2. The van der Waals surface area contributed by atoms with E-state index in [1.165, 1.54) is 6.33 Å². The molecule has 5 heteroatoms. The molecule has 2 N–H and O–H groups in total. The summed E-state index contributed by atoms with van der Waals surface area (Å²) in [6.45, 7) is 0.275. The number of hydrogen-bond acceptors (Lipinski definition) is 4. The first-order valence-electron chi connectivity index (χ1n) is 3.52. The third kappa shape index (κ3) is 3.38. The summed E-state index contributed by atoms with van der Waals surface area (Å²) < 4.78 is 0. The first-order chi connectivity index (χ1) is 5.43. The molecule has 0 aliphatic rings. The van der Waals surface area contributed by atoms with Crippen LogP contribution in [-0.4, -0.2) is 32.6 Å². The van der Waals surface area contributed by atoms with Crippen LogP contribution in [0.1, 0.15) is 12.8 Å². The lowest BCUT2D eigenvalue weighted by molar-refractivity contribution is 0.287. The number of H-pyrrole nitrogens is 1. The van der Waals surface area contributed by atoms with Crippen LogP contribution in [0, 0.1) is 0 Å². The summed E-state index contributed by atoms with van der Waals surface area (Å²) in [5, 5.41) is 15.8. The van der Waals surface area contributed by atoms with Gasteiger partial charge >= 0.3 is 0 Å². The summed E-state index contributed by atoms with van der Waals surface area (Å²) in [5.41, 5.74) is 0. The van der Waals surface area contributed by atoms with E-state index in [2.05, 4.69) is 15.2 Å². The first-order valence-corrected chi connectivity index (χ1v) is 4.51. The maximum atomic E-state index is 8.48. The molecule has 0 saturated heterocycles. The number of nitrogens with one attached hydrogen (secondary N) is 1. The number of hydrogen-bond donors (Lipinski definition) is 2. The number of aliphatic hydroxyl groups excluding tert-OH is 1. The number of rotatable bonds is 5. The maximum Gasteiger partial charge on any atom is 0.183 e. The molecule has 1 rings (SSSR count). The van der Waals surface area contributed by atoms with Gasteiger partial charge in [0.15, 0.2) is 5.16 Å². The minimum Gasteiger partial charge on any atom is -0.396 e. The highest BCUT2D eigenvalue weighted by molar-refractivity contribution is 7.99. The van der Waals surface area contributed by atoms with Gasteiger partial charge in [0.25, 0.3) is 0 Å². The predicted molar refractivity (Wildman–Crippen MR) is 43.4 cm³/mol. The van der Waals surface area contributed by atoms with E-state index in [9.17, 15) is 0 Å². The van der Waals surface area contributed by atoms with E-state index in [0.717, 1.165) is 23.8 Å². The molecule has 0 unspecified atom stereocenters. The van der Waals surface area contributed by atoms with Crippen LogP contribution in [0.4, 0.5) is 0 Å². The fourth-order valence-electron chi connectivity index (χ4n) is 0.647. The molecule has 11 heavy (non-hydrogen) atoms. The fourth-order valence-corrected chi connectivity index (χ4v) is 1.43. The van der Waals surface area contributed by atoms with Crippen molar-refractivity contribution in [2.75, 3.05) is 12.4 Å². The second-order valence-electron chi connectivity index (χ2n) is 2.07. The van der Waals surface area contributed by atoms with Crippen molar-refractivity contribution in [1.29, 1.82) is 0 Å². The number of nitrogens with zero attached hydrogens (tertiary/aromatic N) is 2. The lowest BCUT2D eigenvalue weighted by atomic mass is 10.4. The second kappa shape index (κ2) is 5.15. The third-order valence-electron chi connectivity index (χ3n) is 1.18. The Kier molecular flexibility index (Phi) is 4.00. The average molecular weight is 173 g/mol. The quantitative estimate of drug-likeness (QED) is 0.507. The molecule has 0 radical (unpaired) electrons. The second-order valence-corrected chi connectivity index (χ2v) is 3.15. The Hall–Kier alpha value is -0.550. The summed E-state index contributed by atoms with van der Waals surface area (Å²) in [4.78, 5) is 3.95. The van der Waals surface area contributed by atoms with Crippen molar-refractivity contribution in [3.63, 3.8) is 0 Å². The topological polar surface area (TPSA) is 61.8 Å². The lowest BCUT2D eigenvalue weighted by Gasteiger charge is -1.94. The molecule has 4 nitrogen and oxygen atoms in total. The Bertz CT molecular complexity index is 178. The Morgan fingerprint density at radius 1 is 1.55 bits per heavy atom. The van der Waals surface area contributed by atoms with Crippen LogP contribution in [0.3, 0.4) is 0 Å². The molecule has 0 aliphatic carbocycles. The molecule has 0 bridgehead atoms. The van der Waals surface area contributed by atoms with E-state index in [1.54, 1.807) is 11.8 Å². The van der Waals surface area contributed by atoms with Crippen LogP contribution in [-0.2, 0) is 0 Å². The molecule has 62 valence electrons. The zero-order valence-corrected chi connectivity index (χ0v) is 6.97. The van der Waals surface area contributed by atoms with E-state index in [4.69, 9.17) is 5.11 Å². The van der Waals surface area contributed by atoms with E-state index >= 15 is 0 Å². The van der Waals surface area contributed by atoms with Crippen LogP contribution >= 0.6 is 11.8 Å². The molecule has 0 spiro atoms. The molecule has 1 aromatic heterocycles. The van der Waals surface area contributed by atoms with Crippen molar-refractivity contribution in [1.82, 2.24) is 15.2 Å². The lowest BCUT2D eigenvalue weighted by Crippen LogP contribution is -1.86. The smallest absolute Gasteiger partial charge is 0.183 e. The van der Waals surface area contributed by atoms with Crippen molar-refractivity contribution < 1.29 is 5.11 Å². The highest BCUT2D eigenvalue weighted by Gasteiger charge is 1.94. The number of unbranched alkanes of at least 4 members (excludes halogenated alkanes) is 1. The molecule has 0 aliphatic heterocycles. The number of aromatic nitrogens is 3. The average Bonchev–Trinajstić information content (AvgIpc) is 2.50.